The number of benzene rings is 2. The molecule has 4 rings (SSSR count). The third kappa shape index (κ3) is 3.56. The van der Waals surface area contributed by atoms with Gasteiger partial charge in [-0.2, -0.15) is 5.10 Å². The first-order valence-corrected chi connectivity index (χ1v) is 9.20. The van der Waals surface area contributed by atoms with E-state index in [1.54, 1.807) is 42.3 Å². The van der Waals surface area contributed by atoms with Crippen LogP contribution in [-0.2, 0) is 16.0 Å². The lowest BCUT2D eigenvalue weighted by molar-refractivity contribution is -0.121. The lowest BCUT2D eigenvalue weighted by Gasteiger charge is -2.29. The molecule has 0 unspecified atom stereocenters. The predicted molar refractivity (Wildman–Crippen MR) is 106 cm³/mol. The second-order valence-corrected chi connectivity index (χ2v) is 6.67. The van der Waals surface area contributed by atoms with Crippen molar-refractivity contribution < 1.29 is 19.1 Å². The van der Waals surface area contributed by atoms with Gasteiger partial charge in [0.1, 0.15) is 5.75 Å². The summed E-state index contributed by atoms with van der Waals surface area (Å²) in [6.45, 7) is 0.134. The summed E-state index contributed by atoms with van der Waals surface area (Å²) in [5, 5.41) is 6.80. The molecule has 1 amide bonds. The van der Waals surface area contributed by atoms with Gasteiger partial charge < -0.3 is 14.4 Å². The molecular weight excluding hydrogens is 374 g/mol. The number of carbonyl (C=O) groups is 2. The zero-order valence-electron chi connectivity index (χ0n) is 15.8. The summed E-state index contributed by atoms with van der Waals surface area (Å²) >= 11 is 0. The second kappa shape index (κ2) is 7.75. The maximum absolute atomic E-state index is 12.7. The van der Waals surface area contributed by atoms with Crippen molar-refractivity contribution in [3.8, 4) is 5.75 Å². The van der Waals surface area contributed by atoms with Crippen LogP contribution >= 0.6 is 0 Å². The van der Waals surface area contributed by atoms with Gasteiger partial charge >= 0.3 is 5.97 Å². The number of nitrogens with one attached hydrogen (secondary N) is 1. The third-order valence-electron chi connectivity index (χ3n) is 4.92. The first kappa shape index (κ1) is 18.7. The normalized spacial score (nSPS) is 13.1. The molecule has 2 aromatic carbocycles. The number of esters is 1. The number of amides is 1. The number of aryl methyl sites for hydroxylation is 1. The minimum absolute atomic E-state index is 0.0308. The molecule has 0 spiro atoms. The summed E-state index contributed by atoms with van der Waals surface area (Å²) in [5.41, 5.74) is 1.39. The van der Waals surface area contributed by atoms with Gasteiger partial charge in [-0.3, -0.25) is 9.59 Å². The van der Waals surface area contributed by atoms with E-state index in [2.05, 4.69) is 10.2 Å². The number of hydrogen-bond acceptors (Lipinski definition) is 6. The van der Waals surface area contributed by atoms with Crippen molar-refractivity contribution in [3.63, 3.8) is 0 Å². The molecule has 1 N–H and O–H groups in total. The van der Waals surface area contributed by atoms with Crippen molar-refractivity contribution in [1.82, 2.24) is 10.2 Å². The largest absolute Gasteiger partial charge is 0.497 e. The van der Waals surface area contributed by atoms with Crippen LogP contribution in [-0.4, -0.2) is 42.3 Å². The van der Waals surface area contributed by atoms with Crippen LogP contribution in [0, 0.1) is 0 Å². The first-order chi connectivity index (χ1) is 14.1. The number of nitrogens with zero attached hydrogens (tertiary/aromatic N) is 2. The molecule has 1 aliphatic rings. The number of aromatic amines is 1. The van der Waals surface area contributed by atoms with E-state index in [-0.39, 0.29) is 11.6 Å². The number of H-pyrrole nitrogens is 1. The van der Waals surface area contributed by atoms with Crippen molar-refractivity contribution in [2.24, 2.45) is 0 Å². The summed E-state index contributed by atoms with van der Waals surface area (Å²) in [6.07, 6.45) is 1.66. The summed E-state index contributed by atoms with van der Waals surface area (Å²) < 4.78 is 10.5. The van der Waals surface area contributed by atoms with Crippen LogP contribution in [0.5, 0.6) is 5.75 Å². The highest BCUT2D eigenvalue weighted by molar-refractivity contribution is 6.03. The molecular formula is C21H19N3O5. The standard InChI is InChI=1S/C21H19N3O5/c1-28-14-8-9-17-13(11-14)5-4-10-24(17)18(25)12-29-21(27)19-15-6-2-3-7-16(15)20(26)23-22-19/h2-3,6-9,11H,4-5,10,12H2,1H3,(H,23,26). The quantitative estimate of drug-likeness (QED) is 0.681. The Hall–Kier alpha value is -3.68. The average molecular weight is 393 g/mol. The molecule has 148 valence electrons. The van der Waals surface area contributed by atoms with Crippen molar-refractivity contribution in [2.75, 3.05) is 25.2 Å². The van der Waals surface area contributed by atoms with E-state index in [0.29, 0.717) is 17.3 Å². The Morgan fingerprint density at radius 3 is 2.76 bits per heavy atom. The first-order valence-electron chi connectivity index (χ1n) is 9.20. The van der Waals surface area contributed by atoms with E-state index >= 15 is 0 Å². The van der Waals surface area contributed by atoms with Gasteiger partial charge in [0.2, 0.25) is 0 Å². The fraction of sp³-hybridized carbons (Fsp3) is 0.238. The summed E-state index contributed by atoms with van der Waals surface area (Å²) in [5.74, 6) is -0.350. The molecule has 0 saturated heterocycles. The SMILES string of the molecule is COc1ccc2c(c1)CCCN2C(=O)COC(=O)c1n[nH]c(=O)c2ccccc12. The molecule has 0 radical (unpaired) electrons. The van der Waals surface area contributed by atoms with E-state index < -0.39 is 18.1 Å². The topological polar surface area (TPSA) is 102 Å². The van der Waals surface area contributed by atoms with E-state index in [0.717, 1.165) is 29.8 Å². The highest BCUT2D eigenvalue weighted by Crippen LogP contribution is 2.30. The monoisotopic (exact) mass is 393 g/mol. The van der Waals surface area contributed by atoms with Crippen molar-refractivity contribution >= 4 is 28.3 Å². The van der Waals surface area contributed by atoms with E-state index in [1.165, 1.54) is 0 Å². The molecule has 0 aliphatic carbocycles. The number of anilines is 1. The smallest absolute Gasteiger partial charge is 0.359 e. The summed E-state index contributed by atoms with van der Waals surface area (Å²) in [4.78, 5) is 38.7. The maximum atomic E-state index is 12.7. The summed E-state index contributed by atoms with van der Waals surface area (Å²) in [6, 6.07) is 12.2. The van der Waals surface area contributed by atoms with Crippen LogP contribution in [0.3, 0.4) is 0 Å². The third-order valence-corrected chi connectivity index (χ3v) is 4.92. The van der Waals surface area contributed by atoms with Crippen molar-refractivity contribution in [1.29, 1.82) is 0 Å². The molecule has 3 aromatic rings. The fourth-order valence-corrected chi connectivity index (χ4v) is 3.50. The minimum atomic E-state index is -0.766. The summed E-state index contributed by atoms with van der Waals surface area (Å²) in [7, 11) is 1.60. The molecule has 1 aliphatic heterocycles. The van der Waals surface area contributed by atoms with Crippen molar-refractivity contribution in [2.45, 2.75) is 12.8 Å². The fourth-order valence-electron chi connectivity index (χ4n) is 3.50. The zero-order valence-corrected chi connectivity index (χ0v) is 15.8. The zero-order chi connectivity index (χ0) is 20.4. The van der Waals surface area contributed by atoms with Gasteiger partial charge in [-0.15, -0.1) is 0 Å². The highest BCUT2D eigenvalue weighted by atomic mass is 16.5. The van der Waals surface area contributed by atoms with E-state index in [1.807, 2.05) is 12.1 Å². The number of ether oxygens (including phenoxy) is 2. The number of hydrogen-bond donors (Lipinski definition) is 1. The lowest BCUT2D eigenvalue weighted by atomic mass is 10.0. The minimum Gasteiger partial charge on any atom is -0.497 e. The van der Waals surface area contributed by atoms with E-state index in [4.69, 9.17) is 9.47 Å². The number of fused-ring (bicyclic) bond motifs is 2. The molecule has 1 aromatic heterocycles. The van der Waals surface area contributed by atoms with Crippen LogP contribution in [0.2, 0.25) is 0 Å². The van der Waals surface area contributed by atoms with Crippen molar-refractivity contribution in [3.05, 3.63) is 64.1 Å². The number of aromatic nitrogens is 2. The molecule has 29 heavy (non-hydrogen) atoms. The van der Waals surface area contributed by atoms with Crippen LogP contribution in [0.25, 0.3) is 10.8 Å². The molecule has 0 atom stereocenters. The Kier molecular flexibility index (Phi) is 4.99. The van der Waals surface area contributed by atoms with Gasteiger partial charge in [-0.05, 0) is 42.7 Å². The lowest BCUT2D eigenvalue weighted by Crippen LogP contribution is -2.38. The van der Waals surface area contributed by atoms with Gasteiger partial charge in [0, 0.05) is 17.6 Å². The average Bonchev–Trinajstić information content (AvgIpc) is 2.76. The number of carbonyl (C=O) groups excluding carboxylic acids is 2. The molecule has 0 bridgehead atoms. The number of methoxy groups -OCH3 is 1. The van der Waals surface area contributed by atoms with E-state index in [9.17, 15) is 14.4 Å². The molecule has 0 saturated carbocycles. The second-order valence-electron chi connectivity index (χ2n) is 6.67. The van der Waals surface area contributed by atoms with Crippen LogP contribution in [0.4, 0.5) is 5.69 Å². The maximum Gasteiger partial charge on any atom is 0.359 e. The molecule has 0 fully saturated rings. The van der Waals surface area contributed by atoms with Gasteiger partial charge in [0.15, 0.2) is 12.3 Å². The van der Waals surface area contributed by atoms with Gasteiger partial charge in [-0.25, -0.2) is 9.89 Å². The molecule has 2 heterocycles. The Bertz CT molecular complexity index is 1150. The Balaban J connectivity index is 1.51. The van der Waals surface area contributed by atoms with Crippen LogP contribution < -0.4 is 15.2 Å². The number of rotatable bonds is 4. The predicted octanol–water partition coefficient (Wildman–Crippen LogP) is 2.07. The van der Waals surface area contributed by atoms with Gasteiger partial charge in [-0.1, -0.05) is 18.2 Å². The van der Waals surface area contributed by atoms with Crippen LogP contribution in [0.15, 0.2) is 47.3 Å². The molecule has 8 nitrogen and oxygen atoms in total. The Morgan fingerprint density at radius 1 is 1.17 bits per heavy atom. The highest BCUT2D eigenvalue weighted by Gasteiger charge is 2.25. The van der Waals surface area contributed by atoms with Gasteiger partial charge in [0.25, 0.3) is 11.5 Å². The molecule has 8 heteroatoms. The Morgan fingerprint density at radius 2 is 1.97 bits per heavy atom. The Labute approximate surface area is 166 Å². The van der Waals surface area contributed by atoms with Gasteiger partial charge in [0.05, 0.1) is 12.5 Å². The van der Waals surface area contributed by atoms with Crippen LogP contribution in [0.1, 0.15) is 22.5 Å².